The summed E-state index contributed by atoms with van der Waals surface area (Å²) in [7, 11) is 1.64. The van der Waals surface area contributed by atoms with Crippen molar-refractivity contribution >= 4 is 5.91 Å². The van der Waals surface area contributed by atoms with Gasteiger partial charge in [-0.05, 0) is 42.7 Å². The van der Waals surface area contributed by atoms with E-state index >= 15 is 0 Å². The molecule has 0 bridgehead atoms. The fourth-order valence-corrected chi connectivity index (χ4v) is 4.20. The van der Waals surface area contributed by atoms with E-state index < -0.39 is 5.63 Å². The third-order valence-corrected chi connectivity index (χ3v) is 5.96. The highest BCUT2D eigenvalue weighted by molar-refractivity contribution is 5.95. The predicted molar refractivity (Wildman–Crippen MR) is 112 cm³/mol. The van der Waals surface area contributed by atoms with Gasteiger partial charge in [-0.15, -0.1) is 0 Å². The Labute approximate surface area is 176 Å². The van der Waals surface area contributed by atoms with E-state index in [2.05, 4.69) is 4.90 Å². The Morgan fingerprint density at radius 1 is 1.17 bits per heavy atom. The molecule has 2 aromatic rings. The van der Waals surface area contributed by atoms with Gasteiger partial charge in [0.05, 0.1) is 26.4 Å². The highest BCUT2D eigenvalue weighted by Gasteiger charge is 2.33. The first-order chi connectivity index (χ1) is 14.5. The number of hydrogen-bond donors (Lipinski definition) is 0. The van der Waals surface area contributed by atoms with Crippen LogP contribution in [0.4, 0.5) is 0 Å². The molecule has 0 aliphatic carbocycles. The second-order valence-electron chi connectivity index (χ2n) is 7.92. The fraction of sp³-hybridized carbons (Fsp3) is 0.478. The molecule has 0 spiro atoms. The lowest BCUT2D eigenvalue weighted by molar-refractivity contribution is -0.0395. The topological polar surface area (TPSA) is 72.2 Å². The Morgan fingerprint density at radius 2 is 1.97 bits per heavy atom. The molecule has 1 aromatic carbocycles. The number of amides is 1. The van der Waals surface area contributed by atoms with Crippen LogP contribution in [0.2, 0.25) is 0 Å². The number of hydrogen-bond acceptors (Lipinski definition) is 6. The minimum atomic E-state index is -0.549. The van der Waals surface area contributed by atoms with Crippen molar-refractivity contribution in [3.05, 3.63) is 63.2 Å². The molecule has 1 aromatic heterocycles. The molecule has 3 heterocycles. The smallest absolute Gasteiger partial charge is 0.349 e. The number of methoxy groups -OCH3 is 1. The number of ether oxygens (including phenoxy) is 2. The summed E-state index contributed by atoms with van der Waals surface area (Å²) in [6.45, 7) is 6.08. The Hall–Kier alpha value is -2.64. The maximum absolute atomic E-state index is 13.1. The third-order valence-electron chi connectivity index (χ3n) is 5.96. The van der Waals surface area contributed by atoms with Gasteiger partial charge >= 0.3 is 5.63 Å². The number of nitrogens with zero attached hydrogens (tertiary/aromatic N) is 2. The van der Waals surface area contributed by atoms with Crippen LogP contribution in [0, 0.1) is 6.92 Å². The van der Waals surface area contributed by atoms with Gasteiger partial charge in [0.25, 0.3) is 5.91 Å². The van der Waals surface area contributed by atoms with Crippen molar-refractivity contribution in [3.8, 4) is 5.75 Å². The normalized spacial score (nSPS) is 19.4. The standard InChI is InChI=1S/C23H28N2O5/c1-16-13-20(8-5-17-3-6-19(28-2)7-4-17)30-23(27)21(16)22(26)25-10-9-24-11-12-29-15-18(24)14-25/h3-4,6-7,13,18H,5,8-12,14-15H2,1-2H3. The first-order valence-electron chi connectivity index (χ1n) is 10.4. The van der Waals surface area contributed by atoms with Gasteiger partial charge in [0.2, 0.25) is 0 Å². The molecule has 0 radical (unpaired) electrons. The van der Waals surface area contributed by atoms with Gasteiger partial charge in [-0.2, -0.15) is 0 Å². The molecule has 1 amide bonds. The van der Waals surface area contributed by atoms with Crippen molar-refractivity contribution in [1.82, 2.24) is 9.80 Å². The summed E-state index contributed by atoms with van der Waals surface area (Å²) in [6.07, 6.45) is 1.33. The van der Waals surface area contributed by atoms with E-state index in [9.17, 15) is 9.59 Å². The van der Waals surface area contributed by atoms with Crippen molar-refractivity contribution in [2.45, 2.75) is 25.8 Å². The molecule has 0 saturated carbocycles. The van der Waals surface area contributed by atoms with Crippen LogP contribution in [0.1, 0.15) is 27.2 Å². The summed E-state index contributed by atoms with van der Waals surface area (Å²) in [5.74, 6) is 1.16. The van der Waals surface area contributed by atoms with Crippen LogP contribution in [0.25, 0.3) is 0 Å². The van der Waals surface area contributed by atoms with Crippen LogP contribution < -0.4 is 10.4 Å². The fourth-order valence-electron chi connectivity index (χ4n) is 4.20. The molecule has 30 heavy (non-hydrogen) atoms. The van der Waals surface area contributed by atoms with Gasteiger partial charge in [-0.1, -0.05) is 12.1 Å². The zero-order valence-electron chi connectivity index (χ0n) is 17.6. The summed E-state index contributed by atoms with van der Waals surface area (Å²) < 4.78 is 16.2. The number of fused-ring (bicyclic) bond motifs is 1. The summed E-state index contributed by atoms with van der Waals surface area (Å²) in [4.78, 5) is 29.8. The number of piperazine rings is 1. The van der Waals surface area contributed by atoms with Crippen molar-refractivity contribution in [1.29, 1.82) is 0 Å². The van der Waals surface area contributed by atoms with Gasteiger partial charge in [-0.3, -0.25) is 9.69 Å². The highest BCUT2D eigenvalue weighted by atomic mass is 16.5. The van der Waals surface area contributed by atoms with Gasteiger partial charge < -0.3 is 18.8 Å². The van der Waals surface area contributed by atoms with Crippen molar-refractivity contribution < 1.29 is 18.7 Å². The lowest BCUT2D eigenvalue weighted by atomic mass is 10.0. The zero-order valence-corrected chi connectivity index (χ0v) is 17.6. The maximum atomic E-state index is 13.1. The highest BCUT2D eigenvalue weighted by Crippen LogP contribution is 2.18. The molecule has 4 rings (SSSR count). The number of aryl methyl sites for hydroxylation is 3. The van der Waals surface area contributed by atoms with Crippen LogP contribution >= 0.6 is 0 Å². The van der Waals surface area contributed by atoms with E-state index in [0.717, 1.165) is 37.4 Å². The lowest BCUT2D eigenvalue weighted by Gasteiger charge is -2.43. The van der Waals surface area contributed by atoms with Crippen molar-refractivity contribution in [2.75, 3.05) is 46.5 Å². The number of rotatable bonds is 5. The number of morpholine rings is 1. The molecular weight excluding hydrogens is 384 g/mol. The zero-order chi connectivity index (χ0) is 21.1. The average Bonchev–Trinajstić information content (AvgIpc) is 2.77. The Morgan fingerprint density at radius 3 is 2.70 bits per heavy atom. The summed E-state index contributed by atoms with van der Waals surface area (Å²) in [5, 5.41) is 0. The van der Waals surface area contributed by atoms with Crippen LogP contribution in [0.3, 0.4) is 0 Å². The molecule has 2 fully saturated rings. The SMILES string of the molecule is COc1ccc(CCc2cc(C)c(C(=O)N3CCN4CCOCC4C3)c(=O)o2)cc1. The van der Waals surface area contributed by atoms with Gasteiger partial charge in [-0.25, -0.2) is 4.79 Å². The van der Waals surface area contributed by atoms with E-state index in [0.29, 0.717) is 37.4 Å². The van der Waals surface area contributed by atoms with Crippen LogP contribution in [-0.2, 0) is 17.6 Å². The summed E-state index contributed by atoms with van der Waals surface area (Å²) in [5.41, 5.74) is 1.40. The minimum absolute atomic E-state index is 0.147. The largest absolute Gasteiger partial charge is 0.497 e. The molecule has 1 unspecified atom stereocenters. The van der Waals surface area contributed by atoms with E-state index in [1.165, 1.54) is 0 Å². The van der Waals surface area contributed by atoms with E-state index in [-0.39, 0.29) is 17.5 Å². The van der Waals surface area contributed by atoms with Crippen LogP contribution in [0.5, 0.6) is 5.75 Å². The Balaban J connectivity index is 1.44. The number of carbonyl (C=O) groups is 1. The molecule has 7 nitrogen and oxygen atoms in total. The van der Waals surface area contributed by atoms with Crippen LogP contribution in [-0.4, -0.2) is 68.3 Å². The summed E-state index contributed by atoms with van der Waals surface area (Å²) in [6, 6.07) is 9.84. The first-order valence-corrected chi connectivity index (χ1v) is 10.4. The molecule has 2 aliphatic rings. The minimum Gasteiger partial charge on any atom is -0.497 e. The molecule has 1 atom stereocenters. The molecular formula is C23H28N2O5. The van der Waals surface area contributed by atoms with Gasteiger partial charge in [0.15, 0.2) is 0 Å². The van der Waals surface area contributed by atoms with Gasteiger partial charge in [0, 0.05) is 32.6 Å². The van der Waals surface area contributed by atoms with E-state index in [1.54, 1.807) is 18.9 Å². The number of carbonyl (C=O) groups excluding carboxylic acids is 1. The monoisotopic (exact) mass is 412 g/mol. The lowest BCUT2D eigenvalue weighted by Crippen LogP contribution is -2.59. The second-order valence-corrected chi connectivity index (χ2v) is 7.92. The Bertz CT molecular complexity index is 953. The third kappa shape index (κ3) is 4.42. The molecule has 160 valence electrons. The molecule has 2 saturated heterocycles. The second kappa shape index (κ2) is 9.02. The predicted octanol–water partition coefficient (Wildman–Crippen LogP) is 1.90. The maximum Gasteiger partial charge on any atom is 0.349 e. The first kappa shape index (κ1) is 20.6. The Kier molecular flexibility index (Phi) is 6.20. The van der Waals surface area contributed by atoms with Crippen LogP contribution in [0.15, 0.2) is 39.5 Å². The molecule has 2 aliphatic heterocycles. The quantitative estimate of drug-likeness (QED) is 0.747. The van der Waals surface area contributed by atoms with Crippen molar-refractivity contribution in [2.24, 2.45) is 0 Å². The average molecular weight is 412 g/mol. The molecule has 0 N–H and O–H groups in total. The molecule has 7 heteroatoms. The van der Waals surface area contributed by atoms with Crippen molar-refractivity contribution in [3.63, 3.8) is 0 Å². The van der Waals surface area contributed by atoms with E-state index in [1.807, 2.05) is 30.3 Å². The van der Waals surface area contributed by atoms with E-state index in [4.69, 9.17) is 13.9 Å². The van der Waals surface area contributed by atoms with Gasteiger partial charge in [0.1, 0.15) is 17.1 Å². The summed E-state index contributed by atoms with van der Waals surface area (Å²) >= 11 is 0. The number of benzene rings is 1.